The molecule has 226 valence electrons. The molecule has 0 spiro atoms. The first-order valence-corrected chi connectivity index (χ1v) is 14.8. The Morgan fingerprint density at radius 1 is 0.756 bits per heavy atom. The van der Waals surface area contributed by atoms with Crippen LogP contribution in [-0.4, -0.2) is 47.8 Å². The highest BCUT2D eigenvalue weighted by Crippen LogP contribution is 2.37. The zero-order valence-corrected chi connectivity index (χ0v) is 23.7. The van der Waals surface area contributed by atoms with E-state index in [0.29, 0.717) is 31.7 Å². The maximum atomic E-state index is 13.8. The molecule has 2 aromatic carbocycles. The molecule has 1 aliphatic carbocycles. The molecule has 1 atom stereocenters. The van der Waals surface area contributed by atoms with E-state index in [1.54, 1.807) is 0 Å². The zero-order chi connectivity index (χ0) is 29.7. The Labute approximate surface area is 238 Å². The third kappa shape index (κ3) is 7.92. The minimum Gasteiger partial charge on any atom is -0.298 e. The normalized spacial score (nSPS) is 19.7. The summed E-state index contributed by atoms with van der Waals surface area (Å²) < 4.78 is 79.1. The van der Waals surface area contributed by atoms with Crippen molar-refractivity contribution in [2.75, 3.05) is 26.2 Å². The molecule has 0 N–H and O–H groups in total. The first-order valence-electron chi connectivity index (χ1n) is 14.8. The highest BCUT2D eigenvalue weighted by molar-refractivity contribution is 5.89. The van der Waals surface area contributed by atoms with E-state index in [9.17, 15) is 31.1 Å². The molecule has 0 radical (unpaired) electrons. The van der Waals surface area contributed by atoms with Crippen molar-refractivity contribution in [1.29, 1.82) is 0 Å². The lowest BCUT2D eigenvalue weighted by Crippen LogP contribution is -2.59. The van der Waals surface area contributed by atoms with Gasteiger partial charge in [-0.1, -0.05) is 56.0 Å². The van der Waals surface area contributed by atoms with E-state index in [-0.39, 0.29) is 23.8 Å². The fraction of sp³-hybridized carbons (Fsp3) is 0.594. The lowest BCUT2D eigenvalue weighted by molar-refractivity contribution is -0.143. The molecule has 41 heavy (non-hydrogen) atoms. The van der Waals surface area contributed by atoms with Gasteiger partial charge in [0.25, 0.3) is 0 Å². The van der Waals surface area contributed by atoms with E-state index in [0.717, 1.165) is 43.9 Å². The molecule has 2 aromatic rings. The summed E-state index contributed by atoms with van der Waals surface area (Å²) in [6.45, 7) is 5.44. The number of unbranched alkanes of at least 4 members (excludes halogenated alkanes) is 2. The van der Waals surface area contributed by atoms with Crippen LogP contribution in [-0.2, 0) is 29.1 Å². The van der Waals surface area contributed by atoms with E-state index >= 15 is 0 Å². The van der Waals surface area contributed by atoms with Crippen LogP contribution in [0.4, 0.5) is 26.3 Å². The van der Waals surface area contributed by atoms with Gasteiger partial charge in [0.2, 0.25) is 0 Å². The van der Waals surface area contributed by atoms with Gasteiger partial charge in [-0.25, -0.2) is 0 Å². The number of halogens is 6. The quantitative estimate of drug-likeness (QED) is 0.208. The minimum absolute atomic E-state index is 0.00318. The van der Waals surface area contributed by atoms with Gasteiger partial charge in [-0.05, 0) is 68.4 Å². The highest BCUT2D eigenvalue weighted by Gasteiger charge is 2.42. The molecule has 0 bridgehead atoms. The molecule has 1 saturated heterocycles. The van der Waals surface area contributed by atoms with Gasteiger partial charge in [-0.3, -0.25) is 14.6 Å². The van der Waals surface area contributed by atoms with Crippen molar-refractivity contribution in [3.8, 4) is 0 Å². The number of carbonyl (C=O) groups is 1. The van der Waals surface area contributed by atoms with Crippen LogP contribution < -0.4 is 0 Å². The molecule has 2 fully saturated rings. The Morgan fingerprint density at radius 2 is 1.34 bits per heavy atom. The second-order valence-electron chi connectivity index (χ2n) is 11.7. The molecule has 2 aliphatic rings. The molecular formula is C32H40F6N2O. The third-order valence-electron chi connectivity index (χ3n) is 8.93. The minimum atomic E-state index is -4.85. The smallest absolute Gasteiger partial charge is 0.298 e. The Hall–Kier alpha value is -2.39. The molecule has 9 heteroatoms. The average molecular weight is 583 g/mol. The standard InChI is InChI=1S/C32H40F6N2O/c1-30(25-12-6-3-7-13-25,40-19-17-39(18-20-40)28-14-8-4-9-15-28)29(41)16-10-2-5-11-24-21-26(31(33,34)35)23-27(22-24)32(36,37)38/h3,6-7,12-13,21-23,28H,2,4-5,8-11,14-20H2,1H3. The Kier molecular flexibility index (Phi) is 10.2. The maximum absolute atomic E-state index is 13.8. The summed E-state index contributed by atoms with van der Waals surface area (Å²) in [5.74, 6) is 0.0910. The topological polar surface area (TPSA) is 23.6 Å². The average Bonchev–Trinajstić information content (AvgIpc) is 2.96. The van der Waals surface area contributed by atoms with Gasteiger partial charge in [-0.2, -0.15) is 26.3 Å². The van der Waals surface area contributed by atoms with Crippen LogP contribution in [0.15, 0.2) is 48.5 Å². The molecule has 0 aromatic heterocycles. The van der Waals surface area contributed by atoms with E-state index in [4.69, 9.17) is 0 Å². The molecular weight excluding hydrogens is 542 g/mol. The number of benzene rings is 2. The first kappa shape index (κ1) is 31.5. The van der Waals surface area contributed by atoms with E-state index in [1.807, 2.05) is 37.3 Å². The van der Waals surface area contributed by atoms with Crippen LogP contribution in [0.25, 0.3) is 0 Å². The molecule has 3 nitrogen and oxygen atoms in total. The number of piperazine rings is 1. The monoisotopic (exact) mass is 582 g/mol. The molecule has 1 saturated carbocycles. The predicted molar refractivity (Wildman–Crippen MR) is 147 cm³/mol. The lowest BCUT2D eigenvalue weighted by Gasteiger charge is -2.47. The summed E-state index contributed by atoms with van der Waals surface area (Å²) in [6, 6.07) is 12.1. The molecule has 1 heterocycles. The molecule has 4 rings (SSSR count). The molecule has 1 aliphatic heterocycles. The number of hydrogen-bond acceptors (Lipinski definition) is 3. The fourth-order valence-corrected chi connectivity index (χ4v) is 6.46. The van der Waals surface area contributed by atoms with Gasteiger partial charge in [-0.15, -0.1) is 0 Å². The predicted octanol–water partition coefficient (Wildman–Crippen LogP) is 8.26. The number of hydrogen-bond donors (Lipinski definition) is 0. The second kappa shape index (κ2) is 13.3. The molecule has 1 unspecified atom stereocenters. The highest BCUT2D eigenvalue weighted by atomic mass is 19.4. The Bertz CT molecular complexity index is 1100. The number of alkyl halides is 6. The van der Waals surface area contributed by atoms with Gasteiger partial charge in [0.05, 0.1) is 11.1 Å². The van der Waals surface area contributed by atoms with E-state index in [2.05, 4.69) is 9.80 Å². The second-order valence-corrected chi connectivity index (χ2v) is 11.7. The van der Waals surface area contributed by atoms with Crippen molar-refractivity contribution in [1.82, 2.24) is 9.80 Å². The number of aryl methyl sites for hydroxylation is 1. The van der Waals surface area contributed by atoms with Gasteiger partial charge in [0.1, 0.15) is 5.54 Å². The van der Waals surface area contributed by atoms with Crippen molar-refractivity contribution in [2.24, 2.45) is 0 Å². The summed E-state index contributed by atoms with van der Waals surface area (Å²) in [4.78, 5) is 18.6. The lowest BCUT2D eigenvalue weighted by atomic mass is 9.82. The number of ketones is 1. The van der Waals surface area contributed by atoms with Crippen molar-refractivity contribution in [3.63, 3.8) is 0 Å². The van der Waals surface area contributed by atoms with E-state index in [1.165, 1.54) is 32.1 Å². The van der Waals surface area contributed by atoms with Crippen LogP contribution in [0.5, 0.6) is 0 Å². The summed E-state index contributed by atoms with van der Waals surface area (Å²) in [5.41, 5.74) is -2.43. The van der Waals surface area contributed by atoms with E-state index < -0.39 is 29.0 Å². The number of rotatable bonds is 10. The van der Waals surface area contributed by atoms with Gasteiger partial charge in [0.15, 0.2) is 5.78 Å². The summed E-state index contributed by atoms with van der Waals surface area (Å²) in [7, 11) is 0. The SMILES string of the molecule is CC(C(=O)CCCCCc1cc(C(F)(F)F)cc(C(F)(F)F)c1)(c1ccccc1)N1CCN(C2CCCCC2)CC1. The Morgan fingerprint density at radius 3 is 1.90 bits per heavy atom. The van der Waals surface area contributed by atoms with Crippen LogP contribution in [0.3, 0.4) is 0 Å². The van der Waals surface area contributed by atoms with Gasteiger partial charge in [0, 0.05) is 38.6 Å². The number of carbonyl (C=O) groups excluding carboxylic acids is 1. The van der Waals surface area contributed by atoms with Crippen LogP contribution in [0.1, 0.15) is 87.0 Å². The first-order chi connectivity index (χ1) is 19.4. The van der Waals surface area contributed by atoms with Crippen molar-refractivity contribution < 1.29 is 31.1 Å². The van der Waals surface area contributed by atoms with Crippen LogP contribution >= 0.6 is 0 Å². The molecule has 0 amide bonds. The van der Waals surface area contributed by atoms with Crippen molar-refractivity contribution >= 4 is 5.78 Å². The zero-order valence-electron chi connectivity index (χ0n) is 23.7. The third-order valence-corrected chi connectivity index (χ3v) is 8.93. The Balaban J connectivity index is 1.36. The summed E-state index contributed by atoms with van der Waals surface area (Å²) in [5, 5.41) is 0. The van der Waals surface area contributed by atoms with Crippen molar-refractivity contribution in [3.05, 3.63) is 70.8 Å². The largest absolute Gasteiger partial charge is 0.416 e. The number of Topliss-reactive ketones (excluding diaryl/α,β-unsaturated/α-hetero) is 1. The van der Waals surface area contributed by atoms with Gasteiger partial charge >= 0.3 is 12.4 Å². The summed E-state index contributed by atoms with van der Waals surface area (Å²) in [6.07, 6.45) is -1.52. The van der Waals surface area contributed by atoms with Crippen LogP contribution in [0, 0.1) is 0 Å². The summed E-state index contributed by atoms with van der Waals surface area (Å²) >= 11 is 0. The maximum Gasteiger partial charge on any atom is 0.416 e. The van der Waals surface area contributed by atoms with Crippen LogP contribution in [0.2, 0.25) is 0 Å². The van der Waals surface area contributed by atoms with Gasteiger partial charge < -0.3 is 0 Å². The number of nitrogens with zero attached hydrogens (tertiary/aromatic N) is 2. The van der Waals surface area contributed by atoms with Crippen molar-refractivity contribution in [2.45, 2.75) is 95.1 Å². The fourth-order valence-electron chi connectivity index (χ4n) is 6.46.